The van der Waals surface area contributed by atoms with E-state index in [0.29, 0.717) is 21.8 Å². The Morgan fingerprint density at radius 3 is 2.61 bits per heavy atom. The van der Waals surface area contributed by atoms with E-state index in [0.717, 1.165) is 5.13 Å². The molecular formula is C17H15N3O2S. The fourth-order valence-electron chi connectivity index (χ4n) is 2.17. The smallest absolute Gasteiger partial charge is 0.267 e. The summed E-state index contributed by atoms with van der Waals surface area (Å²) in [4.78, 5) is 28.9. The minimum absolute atomic E-state index is 0.0371. The Morgan fingerprint density at radius 1 is 1.17 bits per heavy atom. The normalized spacial score (nSPS) is 10.5. The number of hydrogen-bond acceptors (Lipinski definition) is 4. The molecule has 23 heavy (non-hydrogen) atoms. The standard InChI is InChI=1S/C17H15N3O2S/c1-11-15(23-17(18-11)20-8-3-4-9-20)16(22)19-14-7-5-6-13(10-14)12(2)21/h3-10H,1-2H3,(H,19,22). The maximum atomic E-state index is 12.5. The van der Waals surface area contributed by atoms with Crippen molar-refractivity contribution in [3.05, 3.63) is 64.9 Å². The molecule has 0 radical (unpaired) electrons. The summed E-state index contributed by atoms with van der Waals surface area (Å²) in [5, 5.41) is 3.57. The molecule has 0 saturated carbocycles. The van der Waals surface area contributed by atoms with Crippen molar-refractivity contribution in [1.29, 1.82) is 0 Å². The van der Waals surface area contributed by atoms with Crippen LogP contribution in [0.1, 0.15) is 32.6 Å². The molecule has 5 nitrogen and oxygen atoms in total. The number of aromatic nitrogens is 2. The topological polar surface area (TPSA) is 64.0 Å². The third-order valence-electron chi connectivity index (χ3n) is 3.34. The summed E-state index contributed by atoms with van der Waals surface area (Å²) in [6.45, 7) is 3.31. The second-order valence-corrected chi connectivity index (χ2v) is 6.07. The molecule has 2 aromatic heterocycles. The summed E-state index contributed by atoms with van der Waals surface area (Å²) < 4.78 is 1.87. The van der Waals surface area contributed by atoms with Crippen molar-refractivity contribution in [2.45, 2.75) is 13.8 Å². The van der Waals surface area contributed by atoms with Gasteiger partial charge in [-0.1, -0.05) is 23.5 Å². The summed E-state index contributed by atoms with van der Waals surface area (Å²) in [5.74, 6) is -0.260. The van der Waals surface area contributed by atoms with E-state index in [1.807, 2.05) is 36.0 Å². The Morgan fingerprint density at radius 2 is 1.91 bits per heavy atom. The molecule has 1 aromatic carbocycles. The molecule has 0 saturated heterocycles. The molecule has 0 unspecified atom stereocenters. The van der Waals surface area contributed by atoms with Gasteiger partial charge < -0.3 is 9.88 Å². The molecule has 0 bridgehead atoms. The highest BCUT2D eigenvalue weighted by Gasteiger charge is 2.16. The number of carbonyl (C=O) groups is 2. The predicted octanol–water partition coefficient (Wildman–Crippen LogP) is 3.70. The molecule has 0 spiro atoms. The van der Waals surface area contributed by atoms with Gasteiger partial charge in [-0.15, -0.1) is 0 Å². The number of hydrogen-bond donors (Lipinski definition) is 1. The van der Waals surface area contributed by atoms with E-state index >= 15 is 0 Å². The van der Waals surface area contributed by atoms with Crippen LogP contribution >= 0.6 is 11.3 Å². The number of nitrogens with zero attached hydrogens (tertiary/aromatic N) is 2. The van der Waals surface area contributed by atoms with E-state index in [-0.39, 0.29) is 11.7 Å². The second kappa shape index (κ2) is 6.18. The molecule has 116 valence electrons. The zero-order chi connectivity index (χ0) is 16.4. The van der Waals surface area contributed by atoms with Gasteiger partial charge in [0, 0.05) is 23.6 Å². The highest BCUT2D eigenvalue weighted by atomic mass is 32.1. The maximum Gasteiger partial charge on any atom is 0.267 e. The molecule has 6 heteroatoms. The molecule has 0 aliphatic rings. The number of amides is 1. The highest BCUT2D eigenvalue weighted by molar-refractivity contribution is 7.16. The number of benzene rings is 1. The second-order valence-electron chi connectivity index (χ2n) is 5.09. The first-order valence-electron chi connectivity index (χ1n) is 7.08. The maximum absolute atomic E-state index is 12.5. The van der Waals surface area contributed by atoms with Crippen LogP contribution in [0.25, 0.3) is 5.13 Å². The molecule has 0 aliphatic carbocycles. The van der Waals surface area contributed by atoms with E-state index in [1.165, 1.54) is 18.3 Å². The van der Waals surface area contributed by atoms with Crippen molar-refractivity contribution in [3.63, 3.8) is 0 Å². The monoisotopic (exact) mass is 325 g/mol. The average molecular weight is 325 g/mol. The zero-order valence-electron chi connectivity index (χ0n) is 12.7. The Kier molecular flexibility index (Phi) is 4.08. The van der Waals surface area contributed by atoms with Crippen LogP contribution in [0.2, 0.25) is 0 Å². The highest BCUT2D eigenvalue weighted by Crippen LogP contribution is 2.23. The van der Waals surface area contributed by atoms with Crippen LogP contribution < -0.4 is 5.32 Å². The van der Waals surface area contributed by atoms with Crippen LogP contribution in [0.15, 0.2) is 48.8 Å². The molecule has 1 amide bonds. The molecule has 0 atom stereocenters. The minimum Gasteiger partial charge on any atom is -0.321 e. The third kappa shape index (κ3) is 3.22. The SMILES string of the molecule is CC(=O)c1cccc(NC(=O)c2sc(-n3cccc3)nc2C)c1. The van der Waals surface area contributed by atoms with E-state index in [1.54, 1.807) is 24.3 Å². The Hall–Kier alpha value is -2.73. The fourth-order valence-corrected chi connectivity index (χ4v) is 3.10. The van der Waals surface area contributed by atoms with Gasteiger partial charge in [0.1, 0.15) is 4.88 Å². The Bertz CT molecular complexity index is 866. The van der Waals surface area contributed by atoms with Gasteiger partial charge in [-0.2, -0.15) is 0 Å². The minimum atomic E-state index is -0.223. The summed E-state index contributed by atoms with van der Waals surface area (Å²) >= 11 is 1.33. The number of rotatable bonds is 4. The molecule has 3 aromatic rings. The van der Waals surface area contributed by atoms with Crippen molar-refractivity contribution >= 4 is 28.7 Å². The summed E-state index contributed by atoms with van der Waals surface area (Å²) in [7, 11) is 0. The van der Waals surface area contributed by atoms with E-state index in [2.05, 4.69) is 10.3 Å². The van der Waals surface area contributed by atoms with E-state index < -0.39 is 0 Å². The van der Waals surface area contributed by atoms with Crippen molar-refractivity contribution in [2.75, 3.05) is 5.32 Å². The quantitative estimate of drug-likeness (QED) is 0.744. The number of nitrogens with one attached hydrogen (secondary N) is 1. The van der Waals surface area contributed by atoms with Crippen LogP contribution in [0, 0.1) is 6.92 Å². The van der Waals surface area contributed by atoms with Gasteiger partial charge in [-0.05, 0) is 38.1 Å². The Balaban J connectivity index is 1.84. The lowest BCUT2D eigenvalue weighted by atomic mass is 10.1. The van der Waals surface area contributed by atoms with Crippen LogP contribution in [0.4, 0.5) is 5.69 Å². The first-order valence-corrected chi connectivity index (χ1v) is 7.89. The van der Waals surface area contributed by atoms with Gasteiger partial charge >= 0.3 is 0 Å². The number of ketones is 1. The molecule has 0 fully saturated rings. The average Bonchev–Trinajstić information content (AvgIpc) is 3.16. The third-order valence-corrected chi connectivity index (χ3v) is 4.51. The van der Waals surface area contributed by atoms with E-state index in [4.69, 9.17) is 0 Å². The van der Waals surface area contributed by atoms with E-state index in [9.17, 15) is 9.59 Å². The number of Topliss-reactive ketones (excluding diaryl/α,β-unsaturated/α-hetero) is 1. The first kappa shape index (κ1) is 15.2. The molecule has 3 rings (SSSR count). The predicted molar refractivity (Wildman–Crippen MR) is 90.6 cm³/mol. The van der Waals surface area contributed by atoms with Crippen molar-refractivity contribution in [3.8, 4) is 5.13 Å². The summed E-state index contributed by atoms with van der Waals surface area (Å²) in [6, 6.07) is 10.7. The van der Waals surface area contributed by atoms with Gasteiger partial charge in [-0.3, -0.25) is 9.59 Å². The summed E-state index contributed by atoms with van der Waals surface area (Å²) in [5.41, 5.74) is 1.84. The molecule has 0 aliphatic heterocycles. The van der Waals surface area contributed by atoms with Gasteiger partial charge in [0.25, 0.3) is 5.91 Å². The number of anilines is 1. The lowest BCUT2D eigenvalue weighted by Crippen LogP contribution is -2.11. The van der Waals surface area contributed by atoms with Crippen LogP contribution in [0.5, 0.6) is 0 Å². The van der Waals surface area contributed by atoms with Crippen LogP contribution in [-0.4, -0.2) is 21.2 Å². The van der Waals surface area contributed by atoms with Crippen molar-refractivity contribution in [2.24, 2.45) is 0 Å². The van der Waals surface area contributed by atoms with Crippen LogP contribution in [0.3, 0.4) is 0 Å². The number of aryl methyl sites for hydroxylation is 1. The zero-order valence-corrected chi connectivity index (χ0v) is 13.6. The first-order chi connectivity index (χ1) is 11.0. The lowest BCUT2D eigenvalue weighted by Gasteiger charge is -2.05. The fraction of sp³-hybridized carbons (Fsp3) is 0.118. The lowest BCUT2D eigenvalue weighted by molar-refractivity contribution is 0.101. The molecule has 2 heterocycles. The van der Waals surface area contributed by atoms with Gasteiger partial charge in [0.05, 0.1) is 5.69 Å². The van der Waals surface area contributed by atoms with Gasteiger partial charge in [0.2, 0.25) is 0 Å². The largest absolute Gasteiger partial charge is 0.321 e. The number of carbonyl (C=O) groups excluding carboxylic acids is 2. The van der Waals surface area contributed by atoms with Crippen LogP contribution in [-0.2, 0) is 0 Å². The van der Waals surface area contributed by atoms with Crippen molar-refractivity contribution < 1.29 is 9.59 Å². The number of thiazole rings is 1. The molecule has 1 N–H and O–H groups in total. The van der Waals surface area contributed by atoms with Crippen molar-refractivity contribution in [1.82, 2.24) is 9.55 Å². The Labute approximate surface area is 137 Å². The molecular weight excluding hydrogens is 310 g/mol. The van der Waals surface area contributed by atoms with Gasteiger partial charge in [-0.25, -0.2) is 4.98 Å². The summed E-state index contributed by atoms with van der Waals surface area (Å²) in [6.07, 6.45) is 3.77. The van der Waals surface area contributed by atoms with Gasteiger partial charge in [0.15, 0.2) is 10.9 Å².